The van der Waals surface area contributed by atoms with Crippen LogP contribution in [0.25, 0.3) is 0 Å². The Bertz CT molecular complexity index is 397. The standard InChI is InChI=1S/C15H23N3O/c1-11(2)12-3-5-13(6-4-12)15(19)17-9-14-7-8-16-10-18-14/h7-8,10-13H,3-6,9H2,1-2H3,(H,17,19). The first kappa shape index (κ1) is 14.0. The van der Waals surface area contributed by atoms with Crippen LogP contribution in [0.4, 0.5) is 0 Å². The van der Waals surface area contributed by atoms with E-state index in [0.717, 1.165) is 30.4 Å². The summed E-state index contributed by atoms with van der Waals surface area (Å²) in [6.45, 7) is 5.06. The summed E-state index contributed by atoms with van der Waals surface area (Å²) in [7, 11) is 0. The minimum absolute atomic E-state index is 0.181. The van der Waals surface area contributed by atoms with Gasteiger partial charge in [-0.1, -0.05) is 13.8 Å². The van der Waals surface area contributed by atoms with Crippen LogP contribution in [-0.4, -0.2) is 15.9 Å². The molecular formula is C15H23N3O. The predicted octanol–water partition coefficient (Wildman–Crippen LogP) is 2.56. The van der Waals surface area contributed by atoms with E-state index in [0.29, 0.717) is 6.54 Å². The molecule has 104 valence electrons. The van der Waals surface area contributed by atoms with Gasteiger partial charge >= 0.3 is 0 Å². The van der Waals surface area contributed by atoms with Gasteiger partial charge in [-0.2, -0.15) is 0 Å². The molecule has 1 saturated carbocycles. The molecule has 0 bridgehead atoms. The van der Waals surface area contributed by atoms with Gasteiger partial charge in [0.25, 0.3) is 0 Å². The highest BCUT2D eigenvalue weighted by Gasteiger charge is 2.27. The normalized spacial score (nSPS) is 23.3. The number of nitrogens with one attached hydrogen (secondary N) is 1. The molecule has 1 heterocycles. The molecule has 1 aromatic rings. The Kier molecular flexibility index (Phi) is 4.88. The maximum absolute atomic E-state index is 12.1. The molecule has 0 aromatic carbocycles. The number of amides is 1. The molecule has 1 aromatic heterocycles. The van der Waals surface area contributed by atoms with Crippen molar-refractivity contribution in [3.63, 3.8) is 0 Å². The lowest BCUT2D eigenvalue weighted by Crippen LogP contribution is -2.33. The van der Waals surface area contributed by atoms with Crippen molar-refractivity contribution in [2.75, 3.05) is 0 Å². The molecule has 4 nitrogen and oxygen atoms in total. The molecule has 0 unspecified atom stereocenters. The first-order valence-electron chi connectivity index (χ1n) is 7.19. The van der Waals surface area contributed by atoms with Crippen molar-refractivity contribution < 1.29 is 4.79 Å². The fourth-order valence-corrected chi connectivity index (χ4v) is 2.79. The van der Waals surface area contributed by atoms with Gasteiger partial charge in [0, 0.05) is 12.1 Å². The zero-order valence-corrected chi connectivity index (χ0v) is 11.8. The van der Waals surface area contributed by atoms with E-state index in [9.17, 15) is 4.79 Å². The molecule has 0 aliphatic heterocycles. The third-order valence-corrected chi connectivity index (χ3v) is 4.17. The maximum Gasteiger partial charge on any atom is 0.223 e. The Morgan fingerprint density at radius 3 is 2.68 bits per heavy atom. The van der Waals surface area contributed by atoms with Crippen LogP contribution < -0.4 is 5.32 Å². The maximum atomic E-state index is 12.1. The number of hydrogen-bond acceptors (Lipinski definition) is 3. The first-order valence-corrected chi connectivity index (χ1v) is 7.19. The summed E-state index contributed by atoms with van der Waals surface area (Å²) in [5.74, 6) is 1.91. The van der Waals surface area contributed by atoms with Crippen molar-refractivity contribution in [1.29, 1.82) is 0 Å². The van der Waals surface area contributed by atoms with Crippen molar-refractivity contribution in [1.82, 2.24) is 15.3 Å². The second-order valence-electron chi connectivity index (χ2n) is 5.77. The average molecular weight is 261 g/mol. The fourth-order valence-electron chi connectivity index (χ4n) is 2.79. The van der Waals surface area contributed by atoms with E-state index in [4.69, 9.17) is 0 Å². The Morgan fingerprint density at radius 1 is 1.37 bits per heavy atom. The quantitative estimate of drug-likeness (QED) is 0.906. The van der Waals surface area contributed by atoms with Crippen LogP contribution in [0.3, 0.4) is 0 Å². The highest BCUT2D eigenvalue weighted by atomic mass is 16.1. The van der Waals surface area contributed by atoms with Gasteiger partial charge in [0.05, 0.1) is 12.2 Å². The molecule has 0 radical (unpaired) electrons. The molecular weight excluding hydrogens is 238 g/mol. The highest BCUT2D eigenvalue weighted by molar-refractivity contribution is 5.78. The third kappa shape index (κ3) is 4.01. The number of carbonyl (C=O) groups is 1. The minimum atomic E-state index is 0.181. The first-order chi connectivity index (χ1) is 9.16. The Labute approximate surface area is 115 Å². The summed E-state index contributed by atoms with van der Waals surface area (Å²) >= 11 is 0. The zero-order valence-electron chi connectivity index (χ0n) is 11.8. The Hall–Kier alpha value is -1.45. The monoisotopic (exact) mass is 261 g/mol. The van der Waals surface area contributed by atoms with Crippen LogP contribution in [0.2, 0.25) is 0 Å². The van der Waals surface area contributed by atoms with Crippen molar-refractivity contribution in [3.8, 4) is 0 Å². The number of aromatic nitrogens is 2. The summed E-state index contributed by atoms with van der Waals surface area (Å²) in [5.41, 5.74) is 0.860. The van der Waals surface area contributed by atoms with Crippen molar-refractivity contribution in [2.45, 2.75) is 46.1 Å². The van der Waals surface area contributed by atoms with Gasteiger partial charge in [0.15, 0.2) is 0 Å². The van der Waals surface area contributed by atoms with E-state index >= 15 is 0 Å². The van der Waals surface area contributed by atoms with Crippen LogP contribution >= 0.6 is 0 Å². The molecule has 0 atom stereocenters. The second-order valence-corrected chi connectivity index (χ2v) is 5.77. The van der Waals surface area contributed by atoms with Crippen molar-refractivity contribution in [3.05, 3.63) is 24.3 Å². The van der Waals surface area contributed by atoms with Crippen LogP contribution in [0.5, 0.6) is 0 Å². The van der Waals surface area contributed by atoms with E-state index in [2.05, 4.69) is 29.1 Å². The van der Waals surface area contributed by atoms with E-state index < -0.39 is 0 Å². The van der Waals surface area contributed by atoms with E-state index in [-0.39, 0.29) is 11.8 Å². The number of rotatable bonds is 4. The highest BCUT2D eigenvalue weighted by Crippen LogP contribution is 2.33. The van der Waals surface area contributed by atoms with Gasteiger partial charge in [0.1, 0.15) is 6.33 Å². The predicted molar refractivity (Wildman–Crippen MR) is 74.2 cm³/mol. The van der Waals surface area contributed by atoms with Gasteiger partial charge in [-0.25, -0.2) is 9.97 Å². The van der Waals surface area contributed by atoms with Gasteiger partial charge in [0.2, 0.25) is 5.91 Å². The van der Waals surface area contributed by atoms with E-state index in [1.807, 2.05) is 6.07 Å². The fraction of sp³-hybridized carbons (Fsp3) is 0.667. The molecule has 0 spiro atoms. The third-order valence-electron chi connectivity index (χ3n) is 4.17. The molecule has 1 fully saturated rings. The zero-order chi connectivity index (χ0) is 13.7. The number of carbonyl (C=O) groups excluding carboxylic acids is 1. The van der Waals surface area contributed by atoms with E-state index in [1.165, 1.54) is 19.2 Å². The molecule has 4 heteroatoms. The second kappa shape index (κ2) is 6.64. The largest absolute Gasteiger partial charge is 0.350 e. The average Bonchev–Trinajstić information content (AvgIpc) is 2.46. The molecule has 1 amide bonds. The number of nitrogens with zero attached hydrogens (tertiary/aromatic N) is 2. The molecule has 0 saturated heterocycles. The van der Waals surface area contributed by atoms with Crippen molar-refractivity contribution >= 4 is 5.91 Å². The number of hydrogen-bond donors (Lipinski definition) is 1. The summed E-state index contributed by atoms with van der Waals surface area (Å²) < 4.78 is 0. The summed E-state index contributed by atoms with van der Waals surface area (Å²) in [6.07, 6.45) is 7.63. The lowest BCUT2D eigenvalue weighted by molar-refractivity contribution is -0.126. The molecule has 2 rings (SSSR count). The van der Waals surface area contributed by atoms with Gasteiger partial charge in [-0.3, -0.25) is 4.79 Å². The van der Waals surface area contributed by atoms with Crippen LogP contribution in [0.15, 0.2) is 18.6 Å². The SMILES string of the molecule is CC(C)C1CCC(C(=O)NCc2ccncn2)CC1. The smallest absolute Gasteiger partial charge is 0.223 e. The molecule has 19 heavy (non-hydrogen) atoms. The lowest BCUT2D eigenvalue weighted by Gasteiger charge is -2.30. The van der Waals surface area contributed by atoms with Crippen LogP contribution in [0.1, 0.15) is 45.2 Å². The Morgan fingerprint density at radius 2 is 2.11 bits per heavy atom. The molecule has 1 aliphatic rings. The summed E-state index contributed by atoms with van der Waals surface area (Å²) in [5, 5.41) is 2.98. The summed E-state index contributed by atoms with van der Waals surface area (Å²) in [6, 6.07) is 1.83. The van der Waals surface area contributed by atoms with Gasteiger partial charge in [-0.05, 0) is 43.6 Å². The summed E-state index contributed by atoms with van der Waals surface area (Å²) in [4.78, 5) is 20.1. The lowest BCUT2D eigenvalue weighted by atomic mass is 9.77. The molecule has 1 N–H and O–H groups in total. The topological polar surface area (TPSA) is 54.9 Å². The van der Waals surface area contributed by atoms with E-state index in [1.54, 1.807) is 6.20 Å². The van der Waals surface area contributed by atoms with Gasteiger partial charge < -0.3 is 5.32 Å². The Balaban J connectivity index is 1.76. The van der Waals surface area contributed by atoms with Crippen molar-refractivity contribution in [2.24, 2.45) is 17.8 Å². The minimum Gasteiger partial charge on any atom is -0.350 e. The molecule has 1 aliphatic carbocycles. The van der Waals surface area contributed by atoms with Crippen LogP contribution in [0, 0.1) is 17.8 Å². The van der Waals surface area contributed by atoms with Crippen LogP contribution in [-0.2, 0) is 11.3 Å². The van der Waals surface area contributed by atoms with Gasteiger partial charge in [-0.15, -0.1) is 0 Å².